The van der Waals surface area contributed by atoms with Crippen molar-refractivity contribution >= 4 is 10.0 Å². The smallest absolute Gasteiger partial charge is 0.243 e. The quantitative estimate of drug-likeness (QED) is 0.810. The highest BCUT2D eigenvalue weighted by Crippen LogP contribution is 2.32. The van der Waals surface area contributed by atoms with E-state index in [-0.39, 0.29) is 4.90 Å². The average Bonchev–Trinajstić information content (AvgIpc) is 3.10. The summed E-state index contributed by atoms with van der Waals surface area (Å²) in [6, 6.07) is 4.77. The van der Waals surface area contributed by atoms with Crippen molar-refractivity contribution in [3.63, 3.8) is 0 Å². The molecular formula is C17H23N3O4S. The Balaban J connectivity index is 1.98. The van der Waals surface area contributed by atoms with Crippen LogP contribution in [0.1, 0.15) is 32.6 Å². The predicted molar refractivity (Wildman–Crippen MR) is 92.8 cm³/mol. The van der Waals surface area contributed by atoms with Crippen LogP contribution in [0.2, 0.25) is 0 Å². The minimum Gasteiger partial charge on any atom is -0.496 e. The predicted octanol–water partition coefficient (Wildman–Crippen LogP) is 2.73. The van der Waals surface area contributed by atoms with Crippen LogP contribution in [0.25, 0.3) is 11.4 Å². The van der Waals surface area contributed by atoms with Gasteiger partial charge in [0.1, 0.15) is 5.75 Å². The van der Waals surface area contributed by atoms with Gasteiger partial charge in [0, 0.05) is 19.5 Å². The average molecular weight is 365 g/mol. The summed E-state index contributed by atoms with van der Waals surface area (Å²) in [4.78, 5) is 4.51. The Kier molecular flexibility index (Phi) is 5.10. The van der Waals surface area contributed by atoms with Crippen LogP contribution in [0.4, 0.5) is 0 Å². The van der Waals surface area contributed by atoms with E-state index in [0.717, 1.165) is 12.8 Å². The number of benzene rings is 1. The molecule has 7 nitrogen and oxygen atoms in total. The Morgan fingerprint density at radius 1 is 1.32 bits per heavy atom. The number of piperidine rings is 1. The van der Waals surface area contributed by atoms with E-state index in [1.54, 1.807) is 22.5 Å². The Bertz CT molecular complexity index is 839. The molecule has 1 aliphatic heterocycles. The lowest BCUT2D eigenvalue weighted by molar-refractivity contribution is 0.288. The summed E-state index contributed by atoms with van der Waals surface area (Å²) in [5.41, 5.74) is 0.511. The van der Waals surface area contributed by atoms with Crippen LogP contribution in [-0.4, -0.2) is 43.1 Å². The van der Waals surface area contributed by atoms with Gasteiger partial charge in [-0.1, -0.05) is 19.0 Å². The van der Waals surface area contributed by atoms with Crippen molar-refractivity contribution in [2.75, 3.05) is 20.2 Å². The van der Waals surface area contributed by atoms with E-state index in [4.69, 9.17) is 9.26 Å². The zero-order valence-electron chi connectivity index (χ0n) is 14.7. The van der Waals surface area contributed by atoms with Gasteiger partial charge in [-0.05, 0) is 37.0 Å². The summed E-state index contributed by atoms with van der Waals surface area (Å²) in [6.07, 6.45) is 2.37. The van der Waals surface area contributed by atoms with Gasteiger partial charge in [-0.25, -0.2) is 8.42 Å². The topological polar surface area (TPSA) is 85.5 Å². The van der Waals surface area contributed by atoms with Crippen LogP contribution >= 0.6 is 0 Å². The lowest BCUT2D eigenvalue weighted by Gasteiger charge is -2.29. The van der Waals surface area contributed by atoms with Gasteiger partial charge in [-0.2, -0.15) is 9.29 Å². The van der Waals surface area contributed by atoms with Gasteiger partial charge < -0.3 is 9.26 Å². The van der Waals surface area contributed by atoms with Crippen LogP contribution in [0.3, 0.4) is 0 Å². The number of methoxy groups -OCH3 is 1. The normalized spacial score (nSPS) is 16.9. The molecule has 1 fully saturated rings. The number of hydrogen-bond acceptors (Lipinski definition) is 6. The summed E-state index contributed by atoms with van der Waals surface area (Å²) in [7, 11) is -2.02. The molecule has 8 heteroatoms. The molecule has 1 saturated heterocycles. The van der Waals surface area contributed by atoms with E-state index < -0.39 is 10.0 Å². The fourth-order valence-corrected chi connectivity index (χ4v) is 4.40. The summed E-state index contributed by atoms with van der Waals surface area (Å²) < 4.78 is 38.0. The molecule has 3 rings (SSSR count). The van der Waals surface area contributed by atoms with Crippen LogP contribution in [0, 0.1) is 5.92 Å². The van der Waals surface area contributed by atoms with E-state index in [1.165, 1.54) is 7.11 Å². The SMILES string of the molecule is CCc1nc(-c2cc(S(=O)(=O)N3CCC(C)CC3)ccc2OC)no1. The van der Waals surface area contributed by atoms with Gasteiger partial charge in [0.05, 0.1) is 17.6 Å². The van der Waals surface area contributed by atoms with Crippen LogP contribution in [0.15, 0.2) is 27.6 Å². The molecule has 136 valence electrons. The summed E-state index contributed by atoms with van der Waals surface area (Å²) in [5.74, 6) is 1.90. The second-order valence-electron chi connectivity index (χ2n) is 6.31. The van der Waals surface area contributed by atoms with E-state index in [1.807, 2.05) is 6.92 Å². The van der Waals surface area contributed by atoms with Gasteiger partial charge in [-0.15, -0.1) is 0 Å². The van der Waals surface area contributed by atoms with Crippen LogP contribution in [0.5, 0.6) is 5.75 Å². The third-order valence-corrected chi connectivity index (χ3v) is 6.46. The number of nitrogens with zero attached hydrogens (tertiary/aromatic N) is 3. The molecule has 0 amide bonds. The molecule has 2 aromatic rings. The number of ether oxygens (including phenoxy) is 1. The summed E-state index contributed by atoms with van der Waals surface area (Å²) in [5, 5.41) is 3.94. The molecule has 0 aliphatic carbocycles. The Morgan fingerprint density at radius 3 is 2.64 bits per heavy atom. The van der Waals surface area contributed by atoms with Gasteiger partial charge in [-0.3, -0.25) is 0 Å². The van der Waals surface area contributed by atoms with Gasteiger partial charge >= 0.3 is 0 Å². The Labute approximate surface area is 148 Å². The molecule has 0 saturated carbocycles. The number of sulfonamides is 1. The molecular weight excluding hydrogens is 342 g/mol. The van der Waals surface area contributed by atoms with E-state index >= 15 is 0 Å². The van der Waals surface area contributed by atoms with E-state index in [0.29, 0.717) is 48.5 Å². The van der Waals surface area contributed by atoms with Crippen molar-refractivity contribution in [2.24, 2.45) is 5.92 Å². The van der Waals surface area contributed by atoms with Crippen molar-refractivity contribution in [1.82, 2.24) is 14.4 Å². The fourth-order valence-electron chi connectivity index (χ4n) is 2.90. The van der Waals surface area contributed by atoms with Crippen molar-refractivity contribution < 1.29 is 17.7 Å². The van der Waals surface area contributed by atoms with E-state index in [2.05, 4.69) is 17.1 Å². The first-order chi connectivity index (χ1) is 12.0. The first-order valence-corrected chi connectivity index (χ1v) is 9.90. The third-order valence-electron chi connectivity index (χ3n) is 4.56. The van der Waals surface area contributed by atoms with Gasteiger partial charge in [0.15, 0.2) is 0 Å². The maximum absolute atomic E-state index is 13.0. The molecule has 0 N–H and O–H groups in total. The van der Waals surface area contributed by atoms with Gasteiger partial charge in [0.2, 0.25) is 21.7 Å². The van der Waals surface area contributed by atoms with Crippen molar-refractivity contribution in [3.8, 4) is 17.1 Å². The molecule has 2 heterocycles. The molecule has 0 bridgehead atoms. The Hall–Kier alpha value is -1.93. The molecule has 0 atom stereocenters. The standard InChI is InChI=1S/C17H23N3O4S/c1-4-16-18-17(19-24-16)14-11-13(5-6-15(14)23-3)25(21,22)20-9-7-12(2)8-10-20/h5-6,11-12H,4,7-10H2,1-3H3. The first-order valence-electron chi connectivity index (χ1n) is 8.46. The molecule has 1 aliphatic rings. The summed E-state index contributed by atoms with van der Waals surface area (Å²) in [6.45, 7) is 5.16. The molecule has 25 heavy (non-hydrogen) atoms. The second kappa shape index (κ2) is 7.13. The third kappa shape index (κ3) is 3.55. The zero-order chi connectivity index (χ0) is 18.0. The summed E-state index contributed by atoms with van der Waals surface area (Å²) >= 11 is 0. The minimum absolute atomic E-state index is 0.223. The zero-order valence-corrected chi connectivity index (χ0v) is 15.5. The number of hydrogen-bond donors (Lipinski definition) is 0. The molecule has 1 aromatic heterocycles. The van der Waals surface area contributed by atoms with Crippen LogP contribution < -0.4 is 4.74 Å². The highest BCUT2D eigenvalue weighted by Gasteiger charge is 2.29. The van der Waals surface area contributed by atoms with Crippen molar-refractivity contribution in [3.05, 3.63) is 24.1 Å². The van der Waals surface area contributed by atoms with E-state index in [9.17, 15) is 8.42 Å². The largest absolute Gasteiger partial charge is 0.496 e. The van der Waals surface area contributed by atoms with Crippen molar-refractivity contribution in [1.29, 1.82) is 0 Å². The van der Waals surface area contributed by atoms with Crippen molar-refractivity contribution in [2.45, 2.75) is 38.0 Å². The lowest BCUT2D eigenvalue weighted by atomic mass is 10.0. The fraction of sp³-hybridized carbons (Fsp3) is 0.529. The number of aryl methyl sites for hydroxylation is 1. The van der Waals surface area contributed by atoms with Gasteiger partial charge in [0.25, 0.3) is 0 Å². The lowest BCUT2D eigenvalue weighted by Crippen LogP contribution is -2.37. The molecule has 1 aromatic carbocycles. The highest BCUT2D eigenvalue weighted by molar-refractivity contribution is 7.89. The monoisotopic (exact) mass is 365 g/mol. The molecule has 0 unspecified atom stereocenters. The Morgan fingerprint density at radius 2 is 2.04 bits per heavy atom. The maximum atomic E-state index is 13.0. The minimum atomic E-state index is -3.55. The molecule has 0 spiro atoms. The van der Waals surface area contributed by atoms with Crippen LogP contribution in [-0.2, 0) is 16.4 Å². The highest BCUT2D eigenvalue weighted by atomic mass is 32.2. The number of rotatable bonds is 5. The molecule has 0 radical (unpaired) electrons. The maximum Gasteiger partial charge on any atom is 0.243 e. The number of aromatic nitrogens is 2. The first kappa shape index (κ1) is 17.9. The second-order valence-corrected chi connectivity index (χ2v) is 8.25.